The van der Waals surface area contributed by atoms with E-state index in [2.05, 4.69) is 53.0 Å². The summed E-state index contributed by atoms with van der Waals surface area (Å²) in [5.41, 5.74) is 4.40. The first-order chi connectivity index (χ1) is 18.8. The fourth-order valence-electron chi connectivity index (χ4n) is 4.75. The van der Waals surface area contributed by atoms with Gasteiger partial charge < -0.3 is 19.8 Å². The third kappa shape index (κ3) is 5.38. The first kappa shape index (κ1) is 25.1. The number of aromatic amines is 1. The minimum atomic E-state index is -0.371. The van der Waals surface area contributed by atoms with E-state index in [1.54, 1.807) is 18.6 Å². The number of amides is 1. The summed E-state index contributed by atoms with van der Waals surface area (Å²) in [5.74, 6) is 0.520. The molecule has 4 aromatic rings. The molecule has 3 N–H and O–H groups in total. The lowest BCUT2D eigenvalue weighted by Crippen LogP contribution is -2.48. The molecule has 2 aliphatic rings. The minimum Gasteiger partial charge on any atom is -0.416 e. The van der Waals surface area contributed by atoms with Gasteiger partial charge in [0.05, 0.1) is 42.9 Å². The maximum absolute atomic E-state index is 13.1. The second kappa shape index (κ2) is 10.2. The zero-order valence-corrected chi connectivity index (χ0v) is 22.1. The Kier molecular flexibility index (Phi) is 6.57. The standard InChI is InChI=1S/C27H31N9O3/c1-27(2,3)25-35-34-24(39-25)23(37)32-22-7-9-36(19-14-38-15-19)13-17-10-16(4-5-20(17)22)21-6-8-28-26(33-21)31-18-11-29-30-12-18/h4-6,8,10-12,19,22H,7,9,13-15H2,1-3H3,(H,29,30)(H,32,37)(H,28,31,33)/t22-/m1/s1. The molecule has 0 spiro atoms. The van der Waals surface area contributed by atoms with Gasteiger partial charge in [0.25, 0.3) is 0 Å². The van der Waals surface area contributed by atoms with Crippen molar-refractivity contribution >= 4 is 17.5 Å². The van der Waals surface area contributed by atoms with Crippen LogP contribution in [-0.2, 0) is 16.7 Å². The largest absolute Gasteiger partial charge is 0.416 e. The van der Waals surface area contributed by atoms with Crippen LogP contribution in [0.25, 0.3) is 11.3 Å². The third-order valence-corrected chi connectivity index (χ3v) is 7.01. The van der Waals surface area contributed by atoms with E-state index in [1.165, 1.54) is 0 Å². The van der Waals surface area contributed by atoms with Gasteiger partial charge in [-0.2, -0.15) is 5.10 Å². The number of hydrogen-bond donors (Lipinski definition) is 3. The molecule has 1 fully saturated rings. The number of H-pyrrole nitrogens is 1. The monoisotopic (exact) mass is 529 g/mol. The van der Waals surface area contributed by atoms with Crippen LogP contribution in [0.15, 0.2) is 47.3 Å². The molecule has 39 heavy (non-hydrogen) atoms. The van der Waals surface area contributed by atoms with E-state index in [-0.39, 0.29) is 23.3 Å². The summed E-state index contributed by atoms with van der Waals surface area (Å²) in [4.78, 5) is 24.6. The quantitative estimate of drug-likeness (QED) is 0.340. The Labute approximate surface area is 225 Å². The van der Waals surface area contributed by atoms with Crippen LogP contribution in [0.1, 0.15) is 60.9 Å². The number of fused-ring (bicyclic) bond motifs is 1. The molecule has 2 aliphatic heterocycles. The molecule has 1 atom stereocenters. The van der Waals surface area contributed by atoms with Gasteiger partial charge in [-0.25, -0.2) is 9.97 Å². The number of benzene rings is 1. The first-order valence-electron chi connectivity index (χ1n) is 13.0. The molecule has 3 aromatic heterocycles. The van der Waals surface area contributed by atoms with Crippen LogP contribution in [0.5, 0.6) is 0 Å². The summed E-state index contributed by atoms with van der Waals surface area (Å²) in [6, 6.07) is 8.32. The van der Waals surface area contributed by atoms with E-state index in [9.17, 15) is 4.79 Å². The molecule has 1 saturated heterocycles. The van der Waals surface area contributed by atoms with Crippen molar-refractivity contribution in [1.29, 1.82) is 0 Å². The number of nitrogens with one attached hydrogen (secondary N) is 3. The van der Waals surface area contributed by atoms with E-state index in [0.717, 1.165) is 60.8 Å². The van der Waals surface area contributed by atoms with Gasteiger partial charge in [0.2, 0.25) is 11.8 Å². The van der Waals surface area contributed by atoms with E-state index in [4.69, 9.17) is 14.1 Å². The van der Waals surface area contributed by atoms with E-state index >= 15 is 0 Å². The summed E-state index contributed by atoms with van der Waals surface area (Å²) in [6.45, 7) is 8.92. The van der Waals surface area contributed by atoms with Gasteiger partial charge in [-0.3, -0.25) is 14.8 Å². The number of ether oxygens (including phenoxy) is 1. The number of aromatic nitrogens is 6. The Morgan fingerprint density at radius 1 is 1.18 bits per heavy atom. The summed E-state index contributed by atoms with van der Waals surface area (Å²) in [6.07, 6.45) is 5.89. The average molecular weight is 530 g/mol. The maximum Gasteiger partial charge on any atom is 0.309 e. The predicted molar refractivity (Wildman–Crippen MR) is 142 cm³/mol. The Bertz CT molecular complexity index is 1460. The van der Waals surface area contributed by atoms with Crippen LogP contribution >= 0.6 is 0 Å². The molecule has 0 unspecified atom stereocenters. The number of rotatable bonds is 6. The molecule has 202 valence electrons. The van der Waals surface area contributed by atoms with Crippen LogP contribution in [0.2, 0.25) is 0 Å². The zero-order valence-electron chi connectivity index (χ0n) is 22.1. The first-order valence-corrected chi connectivity index (χ1v) is 13.0. The lowest BCUT2D eigenvalue weighted by Gasteiger charge is -2.36. The van der Waals surface area contributed by atoms with Gasteiger partial charge in [-0.15, -0.1) is 10.2 Å². The molecule has 0 aliphatic carbocycles. The van der Waals surface area contributed by atoms with Gasteiger partial charge in [0, 0.05) is 36.5 Å². The zero-order chi connectivity index (χ0) is 27.0. The van der Waals surface area contributed by atoms with Crippen LogP contribution in [0.4, 0.5) is 11.6 Å². The summed E-state index contributed by atoms with van der Waals surface area (Å²) < 4.78 is 11.2. The molecule has 1 amide bonds. The topological polar surface area (TPSA) is 147 Å². The number of carbonyl (C=O) groups excluding carboxylic acids is 1. The van der Waals surface area contributed by atoms with Gasteiger partial charge >= 0.3 is 11.8 Å². The van der Waals surface area contributed by atoms with E-state index in [0.29, 0.717) is 17.9 Å². The lowest BCUT2D eigenvalue weighted by atomic mass is 9.96. The third-order valence-electron chi connectivity index (χ3n) is 7.01. The number of nitrogens with zero attached hydrogens (tertiary/aromatic N) is 6. The van der Waals surface area contributed by atoms with Gasteiger partial charge in [0.15, 0.2) is 0 Å². The van der Waals surface area contributed by atoms with Crippen molar-refractivity contribution < 1.29 is 13.9 Å². The molecule has 5 heterocycles. The van der Waals surface area contributed by atoms with Gasteiger partial charge in [0.1, 0.15) is 0 Å². The predicted octanol–water partition coefficient (Wildman–Crippen LogP) is 3.37. The van der Waals surface area contributed by atoms with Crippen LogP contribution < -0.4 is 10.6 Å². The highest BCUT2D eigenvalue weighted by Crippen LogP contribution is 2.32. The normalized spacial score (nSPS) is 18.2. The van der Waals surface area contributed by atoms with Crippen molar-refractivity contribution in [3.05, 3.63) is 65.8 Å². The van der Waals surface area contributed by atoms with E-state index in [1.807, 2.05) is 32.9 Å². The molecule has 0 radical (unpaired) electrons. The highest BCUT2D eigenvalue weighted by Gasteiger charge is 2.32. The maximum atomic E-state index is 13.1. The molecule has 12 heteroatoms. The number of hydrogen-bond acceptors (Lipinski definition) is 10. The van der Waals surface area contributed by atoms with Gasteiger partial charge in [-0.1, -0.05) is 32.9 Å². The Hall–Kier alpha value is -4.16. The van der Waals surface area contributed by atoms with Crippen molar-refractivity contribution in [2.75, 3.05) is 25.1 Å². The van der Waals surface area contributed by atoms with Gasteiger partial charge in [-0.05, 0) is 29.7 Å². The molecular weight excluding hydrogens is 498 g/mol. The van der Waals surface area contributed by atoms with Crippen LogP contribution in [0, 0.1) is 0 Å². The number of carbonyl (C=O) groups is 1. The Balaban J connectivity index is 1.28. The molecule has 12 nitrogen and oxygen atoms in total. The molecule has 0 saturated carbocycles. The molecule has 6 rings (SSSR count). The fourth-order valence-corrected chi connectivity index (χ4v) is 4.75. The van der Waals surface area contributed by atoms with Crippen LogP contribution in [-0.4, -0.2) is 67.0 Å². The fraction of sp³-hybridized carbons (Fsp3) is 0.407. The van der Waals surface area contributed by atoms with Crippen LogP contribution in [0.3, 0.4) is 0 Å². The SMILES string of the molecule is CC(C)(C)c1nnc(C(=O)N[C@@H]2CCN(C3COC3)Cc3cc(-c4ccnc(Nc5cn[nH]c5)n4)ccc32)o1. The molecule has 1 aromatic carbocycles. The van der Waals surface area contributed by atoms with E-state index < -0.39 is 0 Å². The highest BCUT2D eigenvalue weighted by molar-refractivity contribution is 5.89. The molecule has 0 bridgehead atoms. The van der Waals surface area contributed by atoms with Crippen molar-refractivity contribution in [2.45, 2.75) is 51.2 Å². The highest BCUT2D eigenvalue weighted by atomic mass is 16.5. The van der Waals surface area contributed by atoms with Crippen molar-refractivity contribution in [3.8, 4) is 11.3 Å². The van der Waals surface area contributed by atoms with Crippen molar-refractivity contribution in [3.63, 3.8) is 0 Å². The Morgan fingerprint density at radius 2 is 2.05 bits per heavy atom. The van der Waals surface area contributed by atoms with Crippen molar-refractivity contribution in [1.82, 2.24) is 40.6 Å². The second-order valence-electron chi connectivity index (χ2n) is 10.9. The van der Waals surface area contributed by atoms with Crippen molar-refractivity contribution in [2.24, 2.45) is 0 Å². The minimum absolute atomic E-state index is 0.0229. The lowest BCUT2D eigenvalue weighted by molar-refractivity contribution is -0.0678. The second-order valence-corrected chi connectivity index (χ2v) is 10.9. The number of anilines is 2. The summed E-state index contributed by atoms with van der Waals surface area (Å²) in [5, 5.41) is 21.1. The summed E-state index contributed by atoms with van der Waals surface area (Å²) >= 11 is 0. The molecular formula is C27H31N9O3. The summed E-state index contributed by atoms with van der Waals surface area (Å²) in [7, 11) is 0. The smallest absolute Gasteiger partial charge is 0.309 e. The Morgan fingerprint density at radius 3 is 2.77 bits per heavy atom. The average Bonchev–Trinajstić information content (AvgIpc) is 3.55.